The van der Waals surface area contributed by atoms with E-state index in [1.807, 2.05) is 0 Å². The Morgan fingerprint density at radius 2 is 2.06 bits per heavy atom. The van der Waals surface area contributed by atoms with Gasteiger partial charge >= 0.3 is 11.9 Å². The second-order valence-corrected chi connectivity index (χ2v) is 3.79. The maximum atomic E-state index is 11.3. The first-order valence-electron chi connectivity index (χ1n) is 5.16. The van der Waals surface area contributed by atoms with Crippen LogP contribution in [0.3, 0.4) is 0 Å². The minimum Gasteiger partial charge on any atom is -0.477 e. The highest BCUT2D eigenvalue weighted by atomic mass is 16.4. The minimum atomic E-state index is -1.08. The molecule has 0 heterocycles. The van der Waals surface area contributed by atoms with Gasteiger partial charge in [-0.2, -0.15) is 0 Å². The number of carbonyl (C=O) groups is 2. The number of azo groups is 2. The van der Waals surface area contributed by atoms with E-state index in [0.29, 0.717) is 0 Å². The van der Waals surface area contributed by atoms with Crippen molar-refractivity contribution in [3.8, 4) is 0 Å². The fourth-order valence-corrected chi connectivity index (χ4v) is 1.22. The molecule has 0 radical (unpaired) electrons. The number of amides is 1. The second-order valence-electron chi connectivity index (χ2n) is 3.79. The molecule has 8 heteroatoms. The van der Waals surface area contributed by atoms with Crippen LogP contribution in [-0.4, -0.2) is 59.1 Å². The first-order chi connectivity index (χ1) is 7.85. The van der Waals surface area contributed by atoms with Gasteiger partial charge in [0.1, 0.15) is 0 Å². The van der Waals surface area contributed by atoms with Crippen molar-refractivity contribution in [2.24, 2.45) is 16.6 Å². The van der Waals surface area contributed by atoms with Crippen LogP contribution < -0.4 is 11.5 Å². The molecule has 2 atom stereocenters. The summed E-state index contributed by atoms with van der Waals surface area (Å²) in [7, 11) is 1.38. The molecule has 0 rings (SSSR count). The SMILES string of the molecule is C[N+](CC(=O)O)=NC(=O)C[C@H](N)C[C@@H](O)CN. The summed E-state index contributed by atoms with van der Waals surface area (Å²) in [5.41, 5.74) is 10.8. The van der Waals surface area contributed by atoms with Crippen LogP contribution in [0.1, 0.15) is 12.8 Å². The van der Waals surface area contributed by atoms with E-state index < -0.39 is 24.0 Å². The largest absolute Gasteiger partial charge is 0.477 e. The van der Waals surface area contributed by atoms with Gasteiger partial charge in [0.25, 0.3) is 6.54 Å². The molecule has 17 heavy (non-hydrogen) atoms. The van der Waals surface area contributed by atoms with E-state index in [-0.39, 0.29) is 25.9 Å². The summed E-state index contributed by atoms with van der Waals surface area (Å²) in [6, 6.07) is -0.539. The van der Waals surface area contributed by atoms with Gasteiger partial charge in [0.2, 0.25) is 0 Å². The van der Waals surface area contributed by atoms with E-state index in [2.05, 4.69) is 5.11 Å². The molecule has 6 N–H and O–H groups in total. The zero-order chi connectivity index (χ0) is 13.4. The molecule has 0 spiro atoms. The molecule has 0 aliphatic heterocycles. The average molecular weight is 247 g/mol. The molecule has 0 aromatic rings. The predicted octanol–water partition coefficient (Wildman–Crippen LogP) is -1.88. The lowest BCUT2D eigenvalue weighted by Crippen LogP contribution is -2.32. The molecule has 0 bridgehead atoms. The van der Waals surface area contributed by atoms with Crippen LogP contribution in [0.25, 0.3) is 0 Å². The number of nitrogens with zero attached hydrogens (tertiary/aromatic N) is 2. The van der Waals surface area contributed by atoms with Crippen molar-refractivity contribution in [1.82, 2.24) is 0 Å². The zero-order valence-corrected chi connectivity index (χ0v) is 9.74. The van der Waals surface area contributed by atoms with Crippen molar-refractivity contribution in [3.63, 3.8) is 0 Å². The summed E-state index contributed by atoms with van der Waals surface area (Å²) in [4.78, 5) is 21.6. The van der Waals surface area contributed by atoms with Crippen LogP contribution in [0.4, 0.5) is 0 Å². The molecular formula is C9H19N4O4+. The molecule has 98 valence electrons. The Hall–Kier alpha value is -1.38. The lowest BCUT2D eigenvalue weighted by molar-refractivity contribution is -0.552. The van der Waals surface area contributed by atoms with E-state index in [1.165, 1.54) is 7.05 Å². The summed E-state index contributed by atoms with van der Waals surface area (Å²) < 4.78 is 1.02. The normalized spacial score (nSPS) is 15.4. The smallest absolute Gasteiger partial charge is 0.372 e. The third-order valence-electron chi connectivity index (χ3n) is 1.93. The van der Waals surface area contributed by atoms with Crippen molar-refractivity contribution >= 4 is 11.9 Å². The second kappa shape index (κ2) is 7.82. The van der Waals surface area contributed by atoms with Gasteiger partial charge in [-0.25, -0.2) is 4.79 Å². The van der Waals surface area contributed by atoms with Crippen LogP contribution >= 0.6 is 0 Å². The van der Waals surface area contributed by atoms with E-state index in [1.54, 1.807) is 0 Å². The third kappa shape index (κ3) is 8.43. The van der Waals surface area contributed by atoms with E-state index >= 15 is 0 Å². The van der Waals surface area contributed by atoms with Gasteiger partial charge in [0.05, 0.1) is 12.5 Å². The molecule has 0 saturated carbocycles. The van der Waals surface area contributed by atoms with Crippen molar-refractivity contribution in [2.45, 2.75) is 25.0 Å². The Balaban J connectivity index is 4.12. The fourth-order valence-electron chi connectivity index (χ4n) is 1.22. The minimum absolute atomic E-state index is 0.0545. The van der Waals surface area contributed by atoms with Crippen LogP contribution in [0.15, 0.2) is 5.11 Å². The number of likely N-dealkylation sites (N-methyl/N-ethyl adjacent to an activating group) is 1. The molecule has 0 saturated heterocycles. The van der Waals surface area contributed by atoms with Gasteiger partial charge in [0.15, 0.2) is 7.05 Å². The van der Waals surface area contributed by atoms with Crippen molar-refractivity contribution in [2.75, 3.05) is 20.1 Å². The number of carbonyl (C=O) groups excluding carboxylic acids is 1. The standard InChI is InChI=1S/C9H18N4O4/c1-13(5-9(16)17)12-8(15)3-6(11)2-7(14)4-10/h6-7,14H,2-5,10-11H2,1H3/p+1/t6-,7-/m1/s1. The van der Waals surface area contributed by atoms with E-state index in [0.717, 1.165) is 4.70 Å². The number of aliphatic carboxylic acids is 1. The molecular weight excluding hydrogens is 228 g/mol. The van der Waals surface area contributed by atoms with Crippen molar-refractivity contribution in [3.05, 3.63) is 0 Å². The predicted molar refractivity (Wildman–Crippen MR) is 58.4 cm³/mol. The van der Waals surface area contributed by atoms with Gasteiger partial charge in [-0.1, -0.05) is 0 Å². The quantitative estimate of drug-likeness (QED) is 0.306. The van der Waals surface area contributed by atoms with Gasteiger partial charge in [-0.05, 0) is 6.42 Å². The summed E-state index contributed by atoms with van der Waals surface area (Å²) in [6.07, 6.45) is -0.587. The molecule has 0 aromatic heterocycles. The molecule has 0 unspecified atom stereocenters. The van der Waals surface area contributed by atoms with E-state index in [9.17, 15) is 14.7 Å². The number of carboxylic acid groups (broad SMARTS) is 1. The average Bonchev–Trinajstić information content (AvgIpc) is 2.14. The summed E-state index contributed by atoms with van der Waals surface area (Å²) in [5, 5.41) is 21.2. The molecule has 0 aliphatic carbocycles. The summed E-state index contributed by atoms with van der Waals surface area (Å²) in [6.45, 7) is -0.273. The summed E-state index contributed by atoms with van der Waals surface area (Å²) in [5.74, 6) is -1.60. The first-order valence-corrected chi connectivity index (χ1v) is 5.16. The van der Waals surface area contributed by atoms with Crippen molar-refractivity contribution in [1.29, 1.82) is 0 Å². The fraction of sp³-hybridized carbons (Fsp3) is 0.778. The van der Waals surface area contributed by atoms with Gasteiger partial charge in [-0.3, -0.25) is 4.79 Å². The molecule has 0 fully saturated rings. The third-order valence-corrected chi connectivity index (χ3v) is 1.93. The van der Waals surface area contributed by atoms with Gasteiger partial charge in [-0.15, -0.1) is 4.70 Å². The molecule has 0 aromatic carbocycles. The highest BCUT2D eigenvalue weighted by Crippen LogP contribution is 2.00. The Morgan fingerprint density at radius 1 is 1.47 bits per heavy atom. The van der Waals surface area contributed by atoms with Crippen molar-refractivity contribution < 1.29 is 24.5 Å². The lowest BCUT2D eigenvalue weighted by atomic mass is 10.1. The topological polar surface area (TPSA) is 142 Å². The van der Waals surface area contributed by atoms with Crippen LogP contribution in [0.5, 0.6) is 0 Å². The molecule has 8 nitrogen and oxygen atoms in total. The Bertz CT molecular complexity index is 305. The number of nitrogens with two attached hydrogens (primary N) is 2. The van der Waals surface area contributed by atoms with Crippen LogP contribution in [-0.2, 0) is 9.59 Å². The zero-order valence-electron chi connectivity index (χ0n) is 9.74. The van der Waals surface area contributed by atoms with Gasteiger partial charge in [0, 0.05) is 17.7 Å². The highest BCUT2D eigenvalue weighted by Gasteiger charge is 2.16. The van der Waals surface area contributed by atoms with Crippen LogP contribution in [0, 0.1) is 0 Å². The Morgan fingerprint density at radius 3 is 2.53 bits per heavy atom. The molecule has 0 aliphatic rings. The number of hydrogen-bond donors (Lipinski definition) is 4. The number of aliphatic hydroxyl groups is 1. The van der Waals surface area contributed by atoms with Gasteiger partial charge < -0.3 is 21.7 Å². The lowest BCUT2D eigenvalue weighted by Gasteiger charge is -2.12. The Kier molecular flexibility index (Phi) is 7.19. The number of rotatable bonds is 7. The number of hydrogen-bond acceptors (Lipinski definition) is 5. The van der Waals surface area contributed by atoms with Crippen LogP contribution in [0.2, 0.25) is 0 Å². The maximum Gasteiger partial charge on any atom is 0.372 e. The molecule has 1 amide bonds. The monoisotopic (exact) mass is 247 g/mol. The van der Waals surface area contributed by atoms with E-state index in [4.69, 9.17) is 16.6 Å². The number of aliphatic hydroxyl groups excluding tert-OH is 1. The Labute approximate surface area is 98.9 Å². The first kappa shape index (κ1) is 15.6. The number of carboxylic acids is 1. The maximum absolute atomic E-state index is 11.3. The summed E-state index contributed by atoms with van der Waals surface area (Å²) >= 11 is 0. The highest BCUT2D eigenvalue weighted by molar-refractivity contribution is 5.76.